The van der Waals surface area contributed by atoms with Gasteiger partial charge in [0.1, 0.15) is 5.15 Å². The summed E-state index contributed by atoms with van der Waals surface area (Å²) in [5.74, 6) is 0.820. The van der Waals surface area contributed by atoms with E-state index in [2.05, 4.69) is 55.3 Å². The van der Waals surface area contributed by atoms with Gasteiger partial charge in [-0.3, -0.25) is 0 Å². The van der Waals surface area contributed by atoms with Crippen LogP contribution in [0.5, 0.6) is 0 Å². The summed E-state index contributed by atoms with van der Waals surface area (Å²) in [5.41, 5.74) is 3.61. The molecule has 1 aromatic heterocycles. The summed E-state index contributed by atoms with van der Waals surface area (Å²) in [5, 5.41) is 0.576. The highest BCUT2D eigenvalue weighted by Gasteiger charge is 2.19. The highest BCUT2D eigenvalue weighted by molar-refractivity contribution is 6.29. The van der Waals surface area contributed by atoms with Crippen LogP contribution in [0.4, 0.5) is 0 Å². The predicted octanol–water partition coefficient (Wildman–Crippen LogP) is 5.63. The van der Waals surface area contributed by atoms with Crippen molar-refractivity contribution >= 4 is 11.6 Å². The van der Waals surface area contributed by atoms with Crippen LogP contribution in [0.2, 0.25) is 5.15 Å². The summed E-state index contributed by atoms with van der Waals surface area (Å²) in [6, 6.07) is 4.05. The third-order valence-electron chi connectivity index (χ3n) is 4.26. The Kier molecular flexibility index (Phi) is 7.07. The summed E-state index contributed by atoms with van der Waals surface area (Å²) in [7, 11) is 1.75. The molecule has 0 aromatic carbocycles. The summed E-state index contributed by atoms with van der Waals surface area (Å²) in [6.45, 7) is 5.08. The summed E-state index contributed by atoms with van der Waals surface area (Å²) in [4.78, 5) is 4.56. The number of halogens is 1. The third kappa shape index (κ3) is 5.63. The smallest absolute Gasteiger partial charge is 0.129 e. The Morgan fingerprint density at radius 3 is 2.87 bits per heavy atom. The average Bonchev–Trinajstić information content (AvgIpc) is 2.79. The maximum absolute atomic E-state index is 6.16. The van der Waals surface area contributed by atoms with Crippen LogP contribution >= 0.6 is 11.6 Å². The molecule has 0 radical (unpaired) electrons. The maximum Gasteiger partial charge on any atom is 0.129 e. The van der Waals surface area contributed by atoms with E-state index < -0.39 is 0 Å². The molecule has 2 rings (SSSR count). The first-order valence-corrected chi connectivity index (χ1v) is 8.64. The summed E-state index contributed by atoms with van der Waals surface area (Å²) in [6.07, 6.45) is 14.0. The van der Waals surface area contributed by atoms with Crippen molar-refractivity contribution in [3.63, 3.8) is 0 Å². The highest BCUT2D eigenvalue weighted by atomic mass is 35.5. The fraction of sp³-hybridized carbons (Fsp3) is 0.450. The Balaban J connectivity index is 2.17. The van der Waals surface area contributed by atoms with E-state index in [0.29, 0.717) is 17.0 Å². The zero-order chi connectivity index (χ0) is 16.7. The molecule has 2 nitrogen and oxygen atoms in total. The fourth-order valence-electron chi connectivity index (χ4n) is 2.99. The minimum atomic E-state index is 0.351. The van der Waals surface area contributed by atoms with Crippen molar-refractivity contribution in [2.45, 2.75) is 39.0 Å². The van der Waals surface area contributed by atoms with E-state index in [1.54, 1.807) is 7.11 Å². The second-order valence-corrected chi connectivity index (χ2v) is 6.63. The van der Waals surface area contributed by atoms with Crippen LogP contribution < -0.4 is 0 Å². The number of nitrogens with zero attached hydrogens (tertiary/aromatic N) is 1. The molecule has 0 aliphatic heterocycles. The minimum absolute atomic E-state index is 0.351. The Morgan fingerprint density at radius 2 is 2.13 bits per heavy atom. The molecule has 1 aliphatic carbocycles. The number of hydrogen-bond donors (Lipinski definition) is 0. The normalized spacial score (nSPS) is 16.8. The van der Waals surface area contributed by atoms with E-state index in [9.17, 15) is 0 Å². The lowest BCUT2D eigenvalue weighted by molar-refractivity contribution is 0.184. The number of aromatic nitrogens is 1. The lowest BCUT2D eigenvalue weighted by atomic mass is 9.85. The molecule has 0 saturated heterocycles. The minimum Gasteiger partial charge on any atom is -0.385 e. The van der Waals surface area contributed by atoms with Gasteiger partial charge >= 0.3 is 0 Å². The van der Waals surface area contributed by atoms with Crippen molar-refractivity contribution in [3.8, 4) is 0 Å². The van der Waals surface area contributed by atoms with Gasteiger partial charge in [-0.2, -0.15) is 0 Å². The SMILES string of the molecule is COCCC(CC(C)C1=CC=CCC=C1)c1cc(C)cc(Cl)n1. The van der Waals surface area contributed by atoms with Gasteiger partial charge in [0.15, 0.2) is 0 Å². The van der Waals surface area contributed by atoms with Gasteiger partial charge in [0.25, 0.3) is 0 Å². The van der Waals surface area contributed by atoms with Crippen LogP contribution in [0.25, 0.3) is 0 Å². The maximum atomic E-state index is 6.16. The molecule has 2 unspecified atom stereocenters. The molecule has 0 fully saturated rings. The van der Waals surface area contributed by atoms with Gasteiger partial charge in [0, 0.05) is 25.3 Å². The molecule has 3 heteroatoms. The highest BCUT2D eigenvalue weighted by Crippen LogP contribution is 2.31. The lowest BCUT2D eigenvalue weighted by Gasteiger charge is -2.22. The molecule has 0 N–H and O–H groups in total. The van der Waals surface area contributed by atoms with E-state index in [1.165, 1.54) is 5.57 Å². The number of allylic oxidation sites excluding steroid dienone is 6. The number of rotatable bonds is 7. The van der Waals surface area contributed by atoms with Crippen molar-refractivity contribution in [1.82, 2.24) is 4.98 Å². The summed E-state index contributed by atoms with van der Waals surface area (Å²) >= 11 is 6.16. The standard InChI is InChI=1S/C20H26ClNO/c1-15-12-19(22-20(21)13-15)18(10-11-23-3)14-16(2)17-8-6-4-5-7-9-17/h4,6-9,12-13,16,18H,5,10-11,14H2,1-3H3. The van der Waals surface area contributed by atoms with E-state index >= 15 is 0 Å². The Labute approximate surface area is 144 Å². The van der Waals surface area contributed by atoms with Crippen LogP contribution in [0.15, 0.2) is 48.1 Å². The van der Waals surface area contributed by atoms with Gasteiger partial charge in [-0.25, -0.2) is 4.98 Å². The first kappa shape index (κ1) is 18.0. The van der Waals surface area contributed by atoms with E-state index in [4.69, 9.17) is 16.3 Å². The summed E-state index contributed by atoms with van der Waals surface area (Å²) < 4.78 is 5.30. The monoisotopic (exact) mass is 331 g/mol. The first-order chi connectivity index (χ1) is 11.1. The Bertz CT molecular complexity index is 583. The lowest BCUT2D eigenvalue weighted by Crippen LogP contribution is -2.11. The van der Waals surface area contributed by atoms with Gasteiger partial charge < -0.3 is 4.74 Å². The van der Waals surface area contributed by atoms with E-state index in [-0.39, 0.29) is 0 Å². The van der Waals surface area contributed by atoms with Crippen LogP contribution in [0.1, 0.15) is 43.4 Å². The molecular weight excluding hydrogens is 306 g/mol. The Hall–Kier alpha value is -1.38. The predicted molar refractivity (Wildman–Crippen MR) is 98.0 cm³/mol. The molecule has 0 spiro atoms. The van der Waals surface area contributed by atoms with Gasteiger partial charge in [-0.1, -0.05) is 48.9 Å². The number of aryl methyl sites for hydroxylation is 1. The topological polar surface area (TPSA) is 22.1 Å². The first-order valence-electron chi connectivity index (χ1n) is 8.26. The molecule has 1 aromatic rings. The second kappa shape index (κ2) is 9.05. The number of ether oxygens (including phenoxy) is 1. The largest absolute Gasteiger partial charge is 0.385 e. The molecule has 1 heterocycles. The molecule has 124 valence electrons. The van der Waals surface area contributed by atoms with Gasteiger partial charge in [-0.15, -0.1) is 0 Å². The van der Waals surface area contributed by atoms with Crippen LogP contribution in [-0.2, 0) is 4.74 Å². The van der Waals surface area contributed by atoms with Gasteiger partial charge in [0.05, 0.1) is 0 Å². The molecular formula is C20H26ClNO. The zero-order valence-electron chi connectivity index (χ0n) is 14.3. The van der Waals surface area contributed by atoms with Crippen molar-refractivity contribution in [1.29, 1.82) is 0 Å². The Morgan fingerprint density at radius 1 is 1.30 bits per heavy atom. The second-order valence-electron chi connectivity index (χ2n) is 6.24. The van der Waals surface area contributed by atoms with Crippen molar-refractivity contribution in [2.24, 2.45) is 5.92 Å². The van der Waals surface area contributed by atoms with Crippen LogP contribution in [-0.4, -0.2) is 18.7 Å². The van der Waals surface area contributed by atoms with Crippen LogP contribution in [0.3, 0.4) is 0 Å². The fourth-order valence-corrected chi connectivity index (χ4v) is 3.26. The number of methoxy groups -OCH3 is 1. The zero-order valence-corrected chi connectivity index (χ0v) is 15.0. The average molecular weight is 332 g/mol. The van der Waals surface area contributed by atoms with E-state index in [1.807, 2.05) is 6.07 Å². The molecule has 0 bridgehead atoms. The molecule has 0 saturated carbocycles. The van der Waals surface area contributed by atoms with E-state index in [0.717, 1.165) is 37.1 Å². The van der Waals surface area contributed by atoms with Crippen molar-refractivity contribution in [2.75, 3.05) is 13.7 Å². The number of hydrogen-bond acceptors (Lipinski definition) is 2. The van der Waals surface area contributed by atoms with Crippen molar-refractivity contribution in [3.05, 3.63) is 64.5 Å². The van der Waals surface area contributed by atoms with Gasteiger partial charge in [-0.05, 0) is 55.4 Å². The third-order valence-corrected chi connectivity index (χ3v) is 4.45. The van der Waals surface area contributed by atoms with Crippen molar-refractivity contribution < 1.29 is 4.74 Å². The van der Waals surface area contributed by atoms with Crippen LogP contribution in [0, 0.1) is 12.8 Å². The quantitative estimate of drug-likeness (QED) is 0.604. The molecule has 1 aliphatic rings. The molecule has 0 amide bonds. The molecule has 23 heavy (non-hydrogen) atoms. The van der Waals surface area contributed by atoms with Gasteiger partial charge in [0.2, 0.25) is 0 Å². The molecule has 2 atom stereocenters. The number of pyridine rings is 1.